The molecule has 0 spiro atoms. The molecule has 14 rings (SSSR count). The van der Waals surface area contributed by atoms with Gasteiger partial charge in [-0.25, -0.2) is 0 Å². The highest BCUT2D eigenvalue weighted by Crippen LogP contribution is 2.60. The van der Waals surface area contributed by atoms with Crippen LogP contribution in [0.1, 0.15) is 44.5 Å². The number of hydrogen-bond donors (Lipinski definition) is 0. The van der Waals surface area contributed by atoms with Crippen molar-refractivity contribution in [1.82, 2.24) is 0 Å². The molecule has 12 aromatic rings. The van der Waals surface area contributed by atoms with Crippen molar-refractivity contribution in [3.8, 4) is 33.4 Å². The first-order chi connectivity index (χ1) is 34.7. The lowest BCUT2D eigenvalue weighted by molar-refractivity contribution is 0.648. The normalized spacial score (nSPS) is 13.7. The average molecular weight is 892 g/mol. The molecular weight excluding hydrogens is 847 g/mol. The van der Waals surface area contributed by atoms with Gasteiger partial charge in [-0.2, -0.15) is 0 Å². The van der Waals surface area contributed by atoms with Crippen LogP contribution < -0.4 is 4.90 Å². The van der Waals surface area contributed by atoms with Crippen molar-refractivity contribution < 1.29 is 4.42 Å². The minimum absolute atomic E-state index is 0.565. The van der Waals surface area contributed by atoms with Crippen LogP contribution in [0.2, 0.25) is 0 Å². The lowest BCUT2D eigenvalue weighted by Crippen LogP contribution is -2.28. The Bertz CT molecular complexity index is 3860. The van der Waals surface area contributed by atoms with Gasteiger partial charge in [-0.05, 0) is 109 Å². The maximum atomic E-state index is 7.37. The zero-order valence-electron chi connectivity index (χ0n) is 38.3. The average Bonchev–Trinajstić information content (AvgIpc) is 4.08. The maximum Gasteiger partial charge on any atom is 0.140 e. The van der Waals surface area contributed by atoms with Gasteiger partial charge in [-0.1, -0.05) is 237 Å². The Hall–Kier alpha value is -8.98. The summed E-state index contributed by atoms with van der Waals surface area (Å²) in [6, 6.07) is 100. The molecule has 328 valence electrons. The Morgan fingerprint density at radius 2 is 0.757 bits per heavy atom. The van der Waals surface area contributed by atoms with Crippen LogP contribution in [0.4, 0.5) is 17.1 Å². The van der Waals surface area contributed by atoms with Gasteiger partial charge in [0.1, 0.15) is 11.2 Å². The fraction of sp³-hybridized carbons (Fsp3) is 0.0294. The number of rotatable bonds is 8. The molecule has 1 aromatic heterocycles. The third-order valence-corrected chi connectivity index (χ3v) is 15.2. The van der Waals surface area contributed by atoms with Crippen molar-refractivity contribution in [2.45, 2.75) is 10.8 Å². The van der Waals surface area contributed by atoms with Crippen LogP contribution in [0, 0.1) is 0 Å². The van der Waals surface area contributed by atoms with Crippen molar-refractivity contribution in [3.63, 3.8) is 0 Å². The van der Waals surface area contributed by atoms with Crippen LogP contribution in [0.5, 0.6) is 0 Å². The first kappa shape index (κ1) is 40.1. The number of para-hydroxylation sites is 1. The lowest BCUT2D eigenvalue weighted by atomic mass is 9.67. The fourth-order valence-corrected chi connectivity index (χ4v) is 12.4. The van der Waals surface area contributed by atoms with Gasteiger partial charge in [0.25, 0.3) is 0 Å². The van der Waals surface area contributed by atoms with Gasteiger partial charge in [0.2, 0.25) is 0 Å². The molecule has 1 heterocycles. The van der Waals surface area contributed by atoms with E-state index in [0.29, 0.717) is 0 Å². The van der Waals surface area contributed by atoms with E-state index >= 15 is 0 Å². The molecule has 0 N–H and O–H groups in total. The highest BCUT2D eigenvalue weighted by atomic mass is 16.3. The Kier molecular flexibility index (Phi) is 9.06. The summed E-state index contributed by atoms with van der Waals surface area (Å²) in [5, 5.41) is 2.13. The smallest absolute Gasteiger partial charge is 0.140 e. The number of anilines is 3. The molecule has 0 atom stereocenters. The summed E-state index contributed by atoms with van der Waals surface area (Å²) < 4.78 is 7.37. The predicted octanol–water partition coefficient (Wildman–Crippen LogP) is 17.4. The largest absolute Gasteiger partial charge is 0.456 e. The number of furan rings is 1. The van der Waals surface area contributed by atoms with Gasteiger partial charge >= 0.3 is 0 Å². The molecule has 0 saturated heterocycles. The van der Waals surface area contributed by atoms with Crippen LogP contribution in [0.15, 0.2) is 277 Å². The lowest BCUT2D eigenvalue weighted by Gasteiger charge is -2.35. The van der Waals surface area contributed by atoms with Gasteiger partial charge in [0.05, 0.1) is 21.9 Å². The summed E-state index contributed by atoms with van der Waals surface area (Å²) in [4.78, 5) is 2.47. The molecule has 70 heavy (non-hydrogen) atoms. The van der Waals surface area contributed by atoms with E-state index in [4.69, 9.17) is 4.42 Å². The second-order valence-electron chi connectivity index (χ2n) is 18.7. The quantitative estimate of drug-likeness (QED) is 0.151. The van der Waals surface area contributed by atoms with E-state index in [1.807, 2.05) is 0 Å². The minimum Gasteiger partial charge on any atom is -0.456 e. The van der Waals surface area contributed by atoms with Crippen molar-refractivity contribution in [2.75, 3.05) is 4.90 Å². The van der Waals surface area contributed by atoms with E-state index in [-0.39, 0.29) is 0 Å². The van der Waals surface area contributed by atoms with Crippen LogP contribution in [0.25, 0.3) is 55.3 Å². The number of fused-ring (bicyclic) bond motifs is 9. The summed E-state index contributed by atoms with van der Waals surface area (Å²) in [6.45, 7) is 0. The molecule has 0 fully saturated rings. The molecule has 0 saturated carbocycles. The molecule has 11 aromatic carbocycles. The summed E-state index contributed by atoms with van der Waals surface area (Å²) in [6.07, 6.45) is 0. The monoisotopic (exact) mass is 891 g/mol. The zero-order chi connectivity index (χ0) is 46.2. The summed E-state index contributed by atoms with van der Waals surface area (Å²) >= 11 is 0. The molecular formula is C68H45NO. The van der Waals surface area contributed by atoms with Crippen LogP contribution in [-0.4, -0.2) is 0 Å². The zero-order valence-corrected chi connectivity index (χ0v) is 38.3. The number of nitrogens with zero attached hydrogens (tertiary/aromatic N) is 1. The molecule has 2 aliphatic carbocycles. The molecule has 0 bridgehead atoms. The molecule has 0 radical (unpaired) electrons. The standard InChI is InChI=1S/C68H45NO/c1-5-22-46(23-6-1)47-24-19-31-51(44-47)69(52-42-43-56-55-34-13-16-36-58(55)67(62(56)45-52,48-25-7-2-8-26-48)49-27-9-3-10-28-49)63-40-21-41-64-65(63)57-35-20-39-61(66(57)70-64)68(50-29-11-4-12-30-50)59-37-17-14-32-53(59)54-33-15-18-38-60(54)68/h1-45H. The van der Waals surface area contributed by atoms with E-state index < -0.39 is 10.8 Å². The van der Waals surface area contributed by atoms with Crippen molar-refractivity contribution >= 4 is 39.0 Å². The first-order valence-corrected chi connectivity index (χ1v) is 24.3. The van der Waals surface area contributed by atoms with E-state index in [1.165, 1.54) is 66.8 Å². The SMILES string of the molecule is c1ccc(-c2cccc(N(c3ccc4c(c3)C(c3ccccc3)(c3ccccc3)c3ccccc3-4)c3cccc4oc5c(C6(c7ccccc7)c7ccccc7-c7ccccc76)cccc5c34)c2)cc1. The van der Waals surface area contributed by atoms with Crippen molar-refractivity contribution in [3.05, 3.63) is 317 Å². The number of hydrogen-bond acceptors (Lipinski definition) is 2. The number of benzene rings is 11. The molecule has 2 nitrogen and oxygen atoms in total. The van der Waals surface area contributed by atoms with E-state index in [9.17, 15) is 0 Å². The Morgan fingerprint density at radius 1 is 0.300 bits per heavy atom. The Morgan fingerprint density at radius 3 is 1.37 bits per heavy atom. The van der Waals surface area contributed by atoms with Gasteiger partial charge < -0.3 is 9.32 Å². The highest BCUT2D eigenvalue weighted by molar-refractivity contribution is 6.15. The first-order valence-electron chi connectivity index (χ1n) is 24.3. The van der Waals surface area contributed by atoms with Crippen molar-refractivity contribution in [2.24, 2.45) is 0 Å². The Labute approximate surface area is 408 Å². The second-order valence-corrected chi connectivity index (χ2v) is 18.7. The van der Waals surface area contributed by atoms with E-state index in [1.54, 1.807) is 0 Å². The molecule has 0 aliphatic heterocycles. The maximum absolute atomic E-state index is 7.37. The molecule has 2 aliphatic rings. The summed E-state index contributed by atoms with van der Waals surface area (Å²) in [7, 11) is 0. The molecule has 2 heteroatoms. The minimum atomic E-state index is -0.626. The van der Waals surface area contributed by atoms with Gasteiger partial charge in [0.15, 0.2) is 0 Å². The Balaban J connectivity index is 1.06. The third kappa shape index (κ3) is 5.68. The molecule has 0 amide bonds. The second kappa shape index (κ2) is 15.8. The van der Waals surface area contributed by atoms with E-state index in [0.717, 1.165) is 50.1 Å². The van der Waals surface area contributed by atoms with Gasteiger partial charge in [-0.15, -0.1) is 0 Å². The van der Waals surface area contributed by atoms with Gasteiger partial charge in [-0.3, -0.25) is 0 Å². The fourth-order valence-electron chi connectivity index (χ4n) is 12.4. The summed E-state index contributed by atoms with van der Waals surface area (Å²) in [5.41, 5.74) is 20.9. The predicted molar refractivity (Wildman–Crippen MR) is 288 cm³/mol. The third-order valence-electron chi connectivity index (χ3n) is 15.2. The van der Waals surface area contributed by atoms with Crippen LogP contribution in [0.3, 0.4) is 0 Å². The highest BCUT2D eigenvalue weighted by Gasteiger charge is 2.48. The van der Waals surface area contributed by atoms with Crippen LogP contribution in [-0.2, 0) is 10.8 Å². The summed E-state index contributed by atoms with van der Waals surface area (Å²) in [5.74, 6) is 0. The van der Waals surface area contributed by atoms with Gasteiger partial charge in [0, 0.05) is 22.3 Å². The van der Waals surface area contributed by atoms with E-state index in [2.05, 4.69) is 278 Å². The molecule has 0 unspecified atom stereocenters. The topological polar surface area (TPSA) is 16.4 Å². The van der Waals surface area contributed by atoms with Crippen LogP contribution >= 0.6 is 0 Å². The van der Waals surface area contributed by atoms with Crippen molar-refractivity contribution in [1.29, 1.82) is 0 Å².